The van der Waals surface area contributed by atoms with Gasteiger partial charge in [0.1, 0.15) is 17.4 Å². The first kappa shape index (κ1) is 13.6. The van der Waals surface area contributed by atoms with Crippen LogP contribution in [0.1, 0.15) is 22.4 Å². The number of aromatic hydroxyl groups is 1. The maximum absolute atomic E-state index is 12.1. The molecule has 0 fully saturated rings. The third kappa shape index (κ3) is 2.59. The standard InChI is InChI=1S/C15H13N3O2/c1-10-6-11(2)18(15(20)14(10)8-16)17-9-12-4-3-5-13(19)7-12/h3-7,9,19H,1-2H3/b17-9+. The van der Waals surface area contributed by atoms with Crippen molar-refractivity contribution in [2.75, 3.05) is 0 Å². The van der Waals surface area contributed by atoms with Crippen molar-refractivity contribution < 1.29 is 5.11 Å². The van der Waals surface area contributed by atoms with Crippen LogP contribution in [-0.4, -0.2) is 16.0 Å². The number of benzene rings is 1. The van der Waals surface area contributed by atoms with Crippen LogP contribution in [0.3, 0.4) is 0 Å². The van der Waals surface area contributed by atoms with Crippen molar-refractivity contribution in [1.29, 1.82) is 5.26 Å². The third-order valence-corrected chi connectivity index (χ3v) is 2.86. The maximum Gasteiger partial charge on any atom is 0.289 e. The molecule has 5 heteroatoms. The van der Waals surface area contributed by atoms with Crippen LogP contribution in [0.4, 0.5) is 0 Å². The Labute approximate surface area is 116 Å². The second-order valence-electron chi connectivity index (χ2n) is 4.41. The van der Waals surface area contributed by atoms with Crippen molar-refractivity contribution in [3.63, 3.8) is 0 Å². The van der Waals surface area contributed by atoms with E-state index in [1.165, 1.54) is 17.0 Å². The van der Waals surface area contributed by atoms with Gasteiger partial charge in [-0.25, -0.2) is 4.68 Å². The Kier molecular flexibility index (Phi) is 3.67. The molecule has 0 spiro atoms. The Balaban J connectivity index is 2.50. The van der Waals surface area contributed by atoms with Crippen molar-refractivity contribution in [2.24, 2.45) is 5.10 Å². The lowest BCUT2D eigenvalue weighted by molar-refractivity contribution is 0.475. The van der Waals surface area contributed by atoms with E-state index in [2.05, 4.69) is 5.10 Å². The number of hydrogen-bond acceptors (Lipinski definition) is 4. The molecule has 0 amide bonds. The number of pyridine rings is 1. The molecular weight excluding hydrogens is 254 g/mol. The van der Waals surface area contributed by atoms with Crippen LogP contribution in [0.25, 0.3) is 0 Å². The Morgan fingerprint density at radius 2 is 2.10 bits per heavy atom. The van der Waals surface area contributed by atoms with E-state index in [1.54, 1.807) is 38.1 Å². The molecule has 20 heavy (non-hydrogen) atoms. The molecule has 0 aliphatic rings. The van der Waals surface area contributed by atoms with Gasteiger partial charge in [0.2, 0.25) is 0 Å². The number of rotatable bonds is 2. The van der Waals surface area contributed by atoms with Gasteiger partial charge in [0.25, 0.3) is 5.56 Å². The number of aromatic nitrogens is 1. The normalized spacial score (nSPS) is 10.7. The van der Waals surface area contributed by atoms with Gasteiger partial charge >= 0.3 is 0 Å². The van der Waals surface area contributed by atoms with Crippen molar-refractivity contribution in [3.05, 3.63) is 63.1 Å². The summed E-state index contributed by atoms with van der Waals surface area (Å²) in [6.07, 6.45) is 1.46. The largest absolute Gasteiger partial charge is 0.508 e. The van der Waals surface area contributed by atoms with Crippen LogP contribution in [-0.2, 0) is 0 Å². The lowest BCUT2D eigenvalue weighted by Crippen LogP contribution is -2.22. The molecule has 1 aromatic carbocycles. The predicted octanol–water partition coefficient (Wildman–Crippen LogP) is 1.92. The highest BCUT2D eigenvalue weighted by molar-refractivity contribution is 5.80. The summed E-state index contributed by atoms with van der Waals surface area (Å²) >= 11 is 0. The van der Waals surface area contributed by atoms with Gasteiger partial charge in [-0.1, -0.05) is 12.1 Å². The molecule has 0 saturated carbocycles. The van der Waals surface area contributed by atoms with E-state index in [0.29, 0.717) is 16.8 Å². The molecule has 0 unspecified atom stereocenters. The molecule has 0 aliphatic carbocycles. The Morgan fingerprint density at radius 1 is 1.35 bits per heavy atom. The van der Waals surface area contributed by atoms with Gasteiger partial charge < -0.3 is 5.11 Å². The third-order valence-electron chi connectivity index (χ3n) is 2.86. The van der Waals surface area contributed by atoms with Crippen molar-refractivity contribution in [1.82, 2.24) is 4.68 Å². The maximum atomic E-state index is 12.1. The van der Waals surface area contributed by atoms with Gasteiger partial charge in [0.15, 0.2) is 0 Å². The first-order valence-electron chi connectivity index (χ1n) is 5.99. The van der Waals surface area contributed by atoms with Crippen LogP contribution in [0, 0.1) is 25.2 Å². The smallest absolute Gasteiger partial charge is 0.289 e. The van der Waals surface area contributed by atoms with Crippen LogP contribution in [0.15, 0.2) is 40.2 Å². The Hall–Kier alpha value is -2.87. The van der Waals surface area contributed by atoms with Crippen molar-refractivity contribution >= 4 is 6.21 Å². The summed E-state index contributed by atoms with van der Waals surface area (Å²) in [5, 5.41) is 22.4. The van der Waals surface area contributed by atoms with Crippen LogP contribution < -0.4 is 5.56 Å². The summed E-state index contributed by atoms with van der Waals surface area (Å²) in [4.78, 5) is 12.1. The second-order valence-corrected chi connectivity index (χ2v) is 4.41. The molecule has 0 saturated heterocycles. The zero-order chi connectivity index (χ0) is 14.7. The molecule has 5 nitrogen and oxygen atoms in total. The zero-order valence-corrected chi connectivity index (χ0v) is 11.2. The summed E-state index contributed by atoms with van der Waals surface area (Å²) in [5.41, 5.74) is 1.59. The summed E-state index contributed by atoms with van der Waals surface area (Å²) in [7, 11) is 0. The van der Waals surface area contributed by atoms with E-state index >= 15 is 0 Å². The highest BCUT2D eigenvalue weighted by atomic mass is 16.3. The van der Waals surface area contributed by atoms with Crippen LogP contribution in [0.5, 0.6) is 5.75 Å². The number of nitriles is 1. The minimum absolute atomic E-state index is 0.0867. The SMILES string of the molecule is Cc1cc(C)n(/N=C/c2cccc(O)c2)c(=O)c1C#N. The van der Waals surface area contributed by atoms with Gasteiger partial charge in [-0.2, -0.15) is 10.4 Å². The van der Waals surface area contributed by atoms with Crippen LogP contribution >= 0.6 is 0 Å². The molecule has 2 rings (SSSR count). The summed E-state index contributed by atoms with van der Waals surface area (Å²) in [6.45, 7) is 3.46. The fourth-order valence-corrected chi connectivity index (χ4v) is 1.89. The van der Waals surface area contributed by atoms with Gasteiger partial charge in [-0.3, -0.25) is 4.79 Å². The Bertz CT molecular complexity index is 783. The lowest BCUT2D eigenvalue weighted by atomic mass is 10.1. The minimum Gasteiger partial charge on any atom is -0.508 e. The summed E-state index contributed by atoms with van der Waals surface area (Å²) in [5.74, 6) is 0.125. The minimum atomic E-state index is -0.443. The molecule has 0 aliphatic heterocycles. The summed E-state index contributed by atoms with van der Waals surface area (Å²) in [6, 6.07) is 10.1. The molecule has 1 heterocycles. The van der Waals surface area contributed by atoms with E-state index in [4.69, 9.17) is 5.26 Å². The number of phenols is 1. The first-order chi connectivity index (χ1) is 9.52. The van der Waals surface area contributed by atoms with Gasteiger partial charge in [0.05, 0.1) is 6.21 Å². The number of aryl methyl sites for hydroxylation is 2. The highest BCUT2D eigenvalue weighted by Crippen LogP contribution is 2.09. The van der Waals surface area contributed by atoms with Gasteiger partial charge in [0, 0.05) is 5.69 Å². The topological polar surface area (TPSA) is 78.4 Å². The van der Waals surface area contributed by atoms with Crippen molar-refractivity contribution in [2.45, 2.75) is 13.8 Å². The molecule has 2 aromatic rings. The molecule has 0 radical (unpaired) electrons. The predicted molar refractivity (Wildman–Crippen MR) is 76.0 cm³/mol. The fraction of sp³-hybridized carbons (Fsp3) is 0.133. The monoisotopic (exact) mass is 267 g/mol. The average molecular weight is 267 g/mol. The van der Waals surface area contributed by atoms with E-state index in [9.17, 15) is 9.90 Å². The number of nitrogens with zero attached hydrogens (tertiary/aromatic N) is 3. The van der Waals surface area contributed by atoms with Crippen LogP contribution in [0.2, 0.25) is 0 Å². The number of phenolic OH excluding ortho intramolecular Hbond substituents is 1. The van der Waals surface area contributed by atoms with E-state index in [-0.39, 0.29) is 11.3 Å². The van der Waals surface area contributed by atoms with E-state index in [0.717, 1.165) is 0 Å². The fourth-order valence-electron chi connectivity index (χ4n) is 1.89. The summed E-state index contributed by atoms with van der Waals surface area (Å²) < 4.78 is 1.18. The molecule has 0 atom stereocenters. The average Bonchev–Trinajstić information content (AvgIpc) is 2.38. The van der Waals surface area contributed by atoms with Crippen molar-refractivity contribution in [3.8, 4) is 11.8 Å². The molecular formula is C15H13N3O2. The van der Waals surface area contributed by atoms with Gasteiger partial charge in [-0.05, 0) is 43.2 Å². The first-order valence-corrected chi connectivity index (χ1v) is 5.99. The lowest BCUT2D eigenvalue weighted by Gasteiger charge is -2.06. The van der Waals surface area contributed by atoms with Gasteiger partial charge in [-0.15, -0.1) is 0 Å². The quantitative estimate of drug-likeness (QED) is 0.844. The number of hydrogen-bond donors (Lipinski definition) is 1. The zero-order valence-electron chi connectivity index (χ0n) is 11.2. The van der Waals surface area contributed by atoms with E-state index < -0.39 is 5.56 Å². The highest BCUT2D eigenvalue weighted by Gasteiger charge is 2.08. The molecule has 100 valence electrons. The molecule has 1 aromatic heterocycles. The molecule has 0 bridgehead atoms. The Morgan fingerprint density at radius 3 is 2.75 bits per heavy atom. The molecule has 1 N–H and O–H groups in total. The van der Waals surface area contributed by atoms with E-state index in [1.807, 2.05) is 6.07 Å². The second kappa shape index (κ2) is 5.41.